The fraction of sp³-hybridized carbons (Fsp3) is 0.619. The van der Waals surface area contributed by atoms with Gasteiger partial charge in [0.1, 0.15) is 0 Å². The number of guanidine groups is 1. The number of aliphatic imine (C=N–C) groups is 1. The van der Waals surface area contributed by atoms with Crippen LogP contribution in [-0.4, -0.2) is 51.8 Å². The number of aryl methyl sites for hydroxylation is 1. The summed E-state index contributed by atoms with van der Waals surface area (Å²) < 4.78 is 11.0. The molecule has 0 aliphatic rings. The number of halogens is 1. The van der Waals surface area contributed by atoms with Crippen LogP contribution < -0.4 is 25.4 Å². The molecule has 0 fully saturated rings. The second-order valence-corrected chi connectivity index (χ2v) is 6.65. The van der Waals surface area contributed by atoms with Gasteiger partial charge >= 0.3 is 0 Å². The zero-order chi connectivity index (χ0) is 20.8. The SMILES string of the molecule is CCNC(=NCCCc1ccc(OC)c(OCC)c1)NCCNC(=O)C(C)C.I. The van der Waals surface area contributed by atoms with E-state index < -0.39 is 0 Å². The molecule has 0 atom stereocenters. The van der Waals surface area contributed by atoms with Gasteiger partial charge in [-0.05, 0) is 44.4 Å². The summed E-state index contributed by atoms with van der Waals surface area (Å²) in [6.45, 7) is 11.1. The van der Waals surface area contributed by atoms with Gasteiger partial charge in [0.15, 0.2) is 17.5 Å². The van der Waals surface area contributed by atoms with Crippen LogP contribution in [0.25, 0.3) is 0 Å². The predicted molar refractivity (Wildman–Crippen MR) is 130 cm³/mol. The van der Waals surface area contributed by atoms with Crippen LogP contribution >= 0.6 is 24.0 Å². The molecule has 0 saturated carbocycles. The number of hydrogen-bond acceptors (Lipinski definition) is 4. The van der Waals surface area contributed by atoms with Gasteiger partial charge in [-0.2, -0.15) is 0 Å². The first-order valence-electron chi connectivity index (χ1n) is 10.1. The van der Waals surface area contributed by atoms with E-state index in [0.29, 0.717) is 26.2 Å². The minimum absolute atomic E-state index is 0. The van der Waals surface area contributed by atoms with Crippen LogP contribution in [0.1, 0.15) is 39.7 Å². The van der Waals surface area contributed by atoms with E-state index >= 15 is 0 Å². The number of hydrogen-bond donors (Lipinski definition) is 3. The Morgan fingerprint density at radius 1 is 1.10 bits per heavy atom. The Kier molecular flexibility index (Phi) is 15.2. The molecule has 3 N–H and O–H groups in total. The van der Waals surface area contributed by atoms with Crippen molar-refractivity contribution in [2.45, 2.75) is 40.5 Å². The molecule has 1 rings (SSSR count). The standard InChI is InChI=1S/C21H36N4O3.HI/c1-6-22-21(25-14-13-23-20(26)16(3)4)24-12-8-9-17-10-11-18(27-5)19(15-17)28-7-2;/h10-11,15-16H,6-9,12-14H2,1-5H3,(H,23,26)(H2,22,24,25);1H. The molecule has 0 aliphatic heterocycles. The van der Waals surface area contributed by atoms with Crippen molar-refractivity contribution in [1.82, 2.24) is 16.0 Å². The number of nitrogens with zero attached hydrogens (tertiary/aromatic N) is 1. The van der Waals surface area contributed by atoms with Crippen molar-refractivity contribution in [2.75, 3.05) is 39.9 Å². The summed E-state index contributed by atoms with van der Waals surface area (Å²) in [6, 6.07) is 6.04. The molecule has 0 radical (unpaired) electrons. The number of rotatable bonds is 12. The molecule has 0 unspecified atom stereocenters. The van der Waals surface area contributed by atoms with Crippen LogP contribution in [0.15, 0.2) is 23.2 Å². The van der Waals surface area contributed by atoms with Crippen LogP contribution in [0.4, 0.5) is 0 Å². The molecule has 0 heterocycles. The lowest BCUT2D eigenvalue weighted by Gasteiger charge is -2.13. The lowest BCUT2D eigenvalue weighted by atomic mass is 10.1. The van der Waals surface area contributed by atoms with Crippen molar-refractivity contribution < 1.29 is 14.3 Å². The quantitative estimate of drug-likeness (QED) is 0.171. The highest BCUT2D eigenvalue weighted by Gasteiger charge is 2.06. The first kappa shape index (κ1) is 27.3. The zero-order valence-electron chi connectivity index (χ0n) is 18.3. The monoisotopic (exact) mass is 520 g/mol. The molecule has 0 spiro atoms. The molecular weight excluding hydrogens is 483 g/mol. The number of carbonyl (C=O) groups excluding carboxylic acids is 1. The average molecular weight is 520 g/mol. The molecule has 0 bridgehead atoms. The highest BCUT2D eigenvalue weighted by Crippen LogP contribution is 2.28. The van der Waals surface area contributed by atoms with Gasteiger partial charge in [-0.1, -0.05) is 19.9 Å². The molecular formula is C21H37IN4O3. The molecule has 0 aliphatic carbocycles. The third kappa shape index (κ3) is 11.2. The van der Waals surface area contributed by atoms with Gasteiger partial charge in [0.05, 0.1) is 13.7 Å². The van der Waals surface area contributed by atoms with Crippen LogP contribution in [0.3, 0.4) is 0 Å². The molecule has 7 nitrogen and oxygen atoms in total. The summed E-state index contributed by atoms with van der Waals surface area (Å²) in [7, 11) is 1.65. The molecule has 0 aromatic heterocycles. The highest BCUT2D eigenvalue weighted by molar-refractivity contribution is 14.0. The van der Waals surface area contributed by atoms with Crippen molar-refractivity contribution in [3.05, 3.63) is 23.8 Å². The first-order valence-corrected chi connectivity index (χ1v) is 10.1. The fourth-order valence-corrected chi connectivity index (χ4v) is 2.53. The molecule has 166 valence electrons. The van der Waals surface area contributed by atoms with Crippen LogP contribution in [0.5, 0.6) is 11.5 Å². The summed E-state index contributed by atoms with van der Waals surface area (Å²) >= 11 is 0. The van der Waals surface area contributed by atoms with Crippen molar-refractivity contribution >= 4 is 35.8 Å². The summed E-state index contributed by atoms with van der Waals surface area (Å²) in [5, 5.41) is 9.35. The maximum atomic E-state index is 11.6. The van der Waals surface area contributed by atoms with E-state index in [-0.39, 0.29) is 35.8 Å². The van der Waals surface area contributed by atoms with Gasteiger partial charge in [0, 0.05) is 32.1 Å². The molecule has 0 saturated heterocycles. The number of methoxy groups -OCH3 is 1. The number of amides is 1. The van der Waals surface area contributed by atoms with E-state index in [4.69, 9.17) is 9.47 Å². The Bertz CT molecular complexity index is 624. The summed E-state index contributed by atoms with van der Waals surface area (Å²) in [5.74, 6) is 2.38. The zero-order valence-corrected chi connectivity index (χ0v) is 20.7. The van der Waals surface area contributed by atoms with Gasteiger partial charge in [-0.15, -0.1) is 24.0 Å². The number of nitrogens with one attached hydrogen (secondary N) is 3. The van der Waals surface area contributed by atoms with Gasteiger partial charge < -0.3 is 25.4 Å². The molecule has 29 heavy (non-hydrogen) atoms. The van der Waals surface area contributed by atoms with Gasteiger partial charge in [0.2, 0.25) is 5.91 Å². The van der Waals surface area contributed by atoms with E-state index in [1.54, 1.807) is 7.11 Å². The van der Waals surface area contributed by atoms with Gasteiger partial charge in [0.25, 0.3) is 0 Å². The number of carbonyl (C=O) groups is 1. The van der Waals surface area contributed by atoms with Crippen molar-refractivity contribution in [3.8, 4) is 11.5 Å². The lowest BCUT2D eigenvalue weighted by molar-refractivity contribution is -0.123. The van der Waals surface area contributed by atoms with Crippen molar-refractivity contribution in [3.63, 3.8) is 0 Å². The average Bonchev–Trinajstić information content (AvgIpc) is 2.68. The van der Waals surface area contributed by atoms with E-state index in [0.717, 1.165) is 36.8 Å². The Labute approximate surface area is 192 Å². The summed E-state index contributed by atoms with van der Waals surface area (Å²) in [4.78, 5) is 16.2. The smallest absolute Gasteiger partial charge is 0.222 e. The van der Waals surface area contributed by atoms with Crippen molar-refractivity contribution in [2.24, 2.45) is 10.9 Å². The predicted octanol–water partition coefficient (Wildman–Crippen LogP) is 2.97. The van der Waals surface area contributed by atoms with E-state index in [9.17, 15) is 4.79 Å². The van der Waals surface area contributed by atoms with Crippen LogP contribution in [0, 0.1) is 5.92 Å². The van der Waals surface area contributed by atoms with E-state index in [1.165, 1.54) is 5.56 Å². The van der Waals surface area contributed by atoms with Crippen LogP contribution in [0.2, 0.25) is 0 Å². The Morgan fingerprint density at radius 2 is 1.83 bits per heavy atom. The Balaban J connectivity index is 0.00000784. The first-order chi connectivity index (χ1) is 13.5. The Hall–Kier alpha value is -1.71. The fourth-order valence-electron chi connectivity index (χ4n) is 2.53. The van der Waals surface area contributed by atoms with Crippen LogP contribution in [-0.2, 0) is 11.2 Å². The summed E-state index contributed by atoms with van der Waals surface area (Å²) in [6.07, 6.45) is 1.84. The van der Waals surface area contributed by atoms with Gasteiger partial charge in [-0.25, -0.2) is 0 Å². The second-order valence-electron chi connectivity index (χ2n) is 6.65. The molecule has 8 heteroatoms. The highest BCUT2D eigenvalue weighted by atomic mass is 127. The van der Waals surface area contributed by atoms with Crippen molar-refractivity contribution in [1.29, 1.82) is 0 Å². The number of ether oxygens (including phenoxy) is 2. The largest absolute Gasteiger partial charge is 0.493 e. The van der Waals surface area contributed by atoms with Gasteiger partial charge in [-0.3, -0.25) is 9.79 Å². The Morgan fingerprint density at radius 3 is 2.45 bits per heavy atom. The minimum atomic E-state index is 0. The third-order valence-corrected chi connectivity index (χ3v) is 4.01. The maximum Gasteiger partial charge on any atom is 0.222 e. The minimum Gasteiger partial charge on any atom is -0.493 e. The lowest BCUT2D eigenvalue weighted by Crippen LogP contribution is -2.42. The summed E-state index contributed by atoms with van der Waals surface area (Å²) in [5.41, 5.74) is 1.20. The number of benzene rings is 1. The molecule has 1 aromatic carbocycles. The normalized spacial score (nSPS) is 10.9. The second kappa shape index (κ2) is 16.1. The third-order valence-electron chi connectivity index (χ3n) is 4.01. The van der Waals surface area contributed by atoms with E-state index in [1.807, 2.05) is 39.8 Å². The topological polar surface area (TPSA) is 84.0 Å². The maximum absolute atomic E-state index is 11.6. The molecule has 1 aromatic rings. The molecule has 1 amide bonds. The van der Waals surface area contributed by atoms with E-state index in [2.05, 4.69) is 27.0 Å².